The zero-order valence-corrected chi connectivity index (χ0v) is 61.4. The molecule has 0 amide bonds. The molecule has 0 fully saturated rings. The quantitative estimate of drug-likeness (QED) is 0.0211. The molecule has 0 radical (unpaired) electrons. The largest absolute Gasteiger partial charge is 0.472 e. The molecule has 9 nitrogen and oxygen atoms in total. The van der Waals surface area contributed by atoms with E-state index in [1.165, 1.54) is 347 Å². The fourth-order valence-corrected chi connectivity index (χ4v) is 12.9. The first-order chi connectivity index (χ1) is 43.5. The summed E-state index contributed by atoms with van der Waals surface area (Å²) in [4.78, 5) is 35.9. The van der Waals surface area contributed by atoms with Crippen molar-refractivity contribution < 1.29 is 42.1 Å². The van der Waals surface area contributed by atoms with E-state index in [-0.39, 0.29) is 25.6 Å². The summed E-state index contributed by atoms with van der Waals surface area (Å²) in [6, 6.07) is 0. The van der Waals surface area contributed by atoms with Gasteiger partial charge < -0.3 is 18.9 Å². The number of carbonyl (C=O) groups excluding carboxylic acids is 2. The standard InChI is InChI=1S/C79H154NO8P/c1-6-8-10-12-14-16-18-20-22-24-26-28-30-32-33-34-35-36-37-38-39-40-41-42-43-44-45-46-48-49-51-53-55-57-59-61-63-65-67-69-71-78(81)85-75-77(76-87-89(83,84)86-74-73-80(3,4)5)88-79(82)72-70-68-66-64-62-60-58-56-54-52-50-47-31-29-27-25-23-21-19-17-15-13-11-9-7-2/h19,21,25,27,77H,6-18,20,22-24,26,28-76H2,1-5H3/p+1/b21-19-,27-25-. The van der Waals surface area contributed by atoms with Gasteiger partial charge in [0.1, 0.15) is 19.8 Å². The van der Waals surface area contributed by atoms with Crippen molar-refractivity contribution in [2.24, 2.45) is 0 Å². The van der Waals surface area contributed by atoms with Gasteiger partial charge in [-0.05, 0) is 44.9 Å². The van der Waals surface area contributed by atoms with Crippen molar-refractivity contribution in [2.75, 3.05) is 47.5 Å². The highest BCUT2D eigenvalue weighted by Gasteiger charge is 2.27. The lowest BCUT2D eigenvalue weighted by Crippen LogP contribution is -2.37. The summed E-state index contributed by atoms with van der Waals surface area (Å²) in [6.07, 6.45) is 90.5. The number of carbonyl (C=O) groups is 2. The Bertz CT molecular complexity index is 1550. The summed E-state index contributed by atoms with van der Waals surface area (Å²) >= 11 is 0. The average Bonchev–Trinajstić information content (AvgIpc) is 3.60. The number of phosphoric ester groups is 1. The molecule has 0 heterocycles. The molecule has 0 aliphatic carbocycles. The second-order valence-electron chi connectivity index (χ2n) is 28.5. The molecular formula is C79H155NO8P+. The number of phosphoric acid groups is 1. The van der Waals surface area contributed by atoms with Gasteiger partial charge in [0.05, 0.1) is 27.7 Å². The third-order valence-corrected chi connectivity index (χ3v) is 19.2. The Morgan fingerprint density at radius 1 is 0.348 bits per heavy atom. The van der Waals surface area contributed by atoms with Crippen LogP contribution in [-0.2, 0) is 32.7 Å². The summed E-state index contributed by atoms with van der Waals surface area (Å²) in [6.45, 7) is 4.51. The van der Waals surface area contributed by atoms with Crippen molar-refractivity contribution in [1.82, 2.24) is 0 Å². The fraction of sp³-hybridized carbons (Fsp3) is 0.924. The topological polar surface area (TPSA) is 108 Å². The Balaban J connectivity index is 3.86. The molecule has 0 saturated carbocycles. The van der Waals surface area contributed by atoms with Crippen LogP contribution < -0.4 is 0 Å². The van der Waals surface area contributed by atoms with Crippen molar-refractivity contribution in [3.8, 4) is 0 Å². The number of likely N-dealkylation sites (N-methyl/N-ethyl adjacent to an activating group) is 1. The zero-order valence-electron chi connectivity index (χ0n) is 60.5. The van der Waals surface area contributed by atoms with E-state index in [2.05, 4.69) is 38.2 Å². The lowest BCUT2D eigenvalue weighted by Gasteiger charge is -2.24. The van der Waals surface area contributed by atoms with Gasteiger partial charge in [-0.15, -0.1) is 0 Å². The highest BCUT2D eigenvalue weighted by atomic mass is 31.2. The van der Waals surface area contributed by atoms with Crippen molar-refractivity contribution in [1.29, 1.82) is 0 Å². The molecule has 0 saturated heterocycles. The maximum absolute atomic E-state index is 12.9. The summed E-state index contributed by atoms with van der Waals surface area (Å²) < 4.78 is 34.8. The van der Waals surface area contributed by atoms with Crippen LogP contribution >= 0.6 is 7.82 Å². The second-order valence-corrected chi connectivity index (χ2v) is 29.9. The van der Waals surface area contributed by atoms with Crippen LogP contribution in [0.15, 0.2) is 24.3 Å². The lowest BCUT2D eigenvalue weighted by molar-refractivity contribution is -0.870. The van der Waals surface area contributed by atoms with Gasteiger partial charge in [0.2, 0.25) is 0 Å². The van der Waals surface area contributed by atoms with Crippen LogP contribution in [0.4, 0.5) is 0 Å². The first-order valence-electron chi connectivity index (χ1n) is 39.6. The molecule has 528 valence electrons. The summed E-state index contributed by atoms with van der Waals surface area (Å²) in [5, 5.41) is 0. The Kier molecular flexibility index (Phi) is 69.6. The van der Waals surface area contributed by atoms with Gasteiger partial charge in [0.15, 0.2) is 6.10 Å². The SMILES string of the molecule is CCCCCCC/C=C\C/C=C\CCCCCCCCCCCCCCCC(=O)OC(COC(=O)CCCCCCCCCCCCCCCCCCCCCCCCCCCCCCCCCCCCCCCCCC)COP(=O)(O)OCC[N+](C)(C)C. The highest BCUT2D eigenvalue weighted by molar-refractivity contribution is 7.47. The number of quaternary nitrogens is 1. The van der Waals surface area contributed by atoms with Gasteiger partial charge in [-0.2, -0.15) is 0 Å². The van der Waals surface area contributed by atoms with Crippen LogP contribution in [0.2, 0.25) is 0 Å². The van der Waals surface area contributed by atoms with E-state index in [4.69, 9.17) is 18.5 Å². The van der Waals surface area contributed by atoms with Crippen LogP contribution in [0.25, 0.3) is 0 Å². The highest BCUT2D eigenvalue weighted by Crippen LogP contribution is 2.43. The molecule has 0 aromatic heterocycles. The third-order valence-electron chi connectivity index (χ3n) is 18.2. The van der Waals surface area contributed by atoms with Crippen LogP contribution in [0, 0.1) is 0 Å². The van der Waals surface area contributed by atoms with Crippen LogP contribution in [0.5, 0.6) is 0 Å². The number of nitrogens with zero attached hydrogens (tertiary/aromatic N) is 1. The van der Waals surface area contributed by atoms with E-state index in [9.17, 15) is 19.0 Å². The number of hydrogen-bond acceptors (Lipinski definition) is 7. The molecule has 10 heteroatoms. The lowest BCUT2D eigenvalue weighted by atomic mass is 10.0. The van der Waals surface area contributed by atoms with Crippen molar-refractivity contribution in [2.45, 2.75) is 424 Å². The van der Waals surface area contributed by atoms with Gasteiger partial charge >= 0.3 is 19.8 Å². The molecule has 0 aromatic carbocycles. The van der Waals surface area contributed by atoms with E-state index in [0.29, 0.717) is 23.9 Å². The van der Waals surface area contributed by atoms with E-state index in [1.807, 2.05) is 21.1 Å². The number of esters is 2. The Labute approximate surface area is 555 Å². The van der Waals surface area contributed by atoms with Crippen LogP contribution in [0.1, 0.15) is 418 Å². The maximum atomic E-state index is 12.9. The summed E-state index contributed by atoms with van der Waals surface area (Å²) in [7, 11) is 1.50. The average molecular weight is 1280 g/mol. The molecule has 1 N–H and O–H groups in total. The summed E-state index contributed by atoms with van der Waals surface area (Å²) in [5.41, 5.74) is 0. The van der Waals surface area contributed by atoms with E-state index >= 15 is 0 Å². The van der Waals surface area contributed by atoms with Gasteiger partial charge in [-0.3, -0.25) is 18.6 Å². The minimum Gasteiger partial charge on any atom is -0.462 e. The van der Waals surface area contributed by atoms with E-state index in [1.54, 1.807) is 0 Å². The summed E-state index contributed by atoms with van der Waals surface area (Å²) in [5.74, 6) is -0.774. The number of ether oxygens (including phenoxy) is 2. The molecule has 0 aromatic rings. The number of unbranched alkanes of at least 4 members (excludes halogenated alkanes) is 57. The van der Waals surface area contributed by atoms with Crippen LogP contribution in [0.3, 0.4) is 0 Å². The van der Waals surface area contributed by atoms with Crippen molar-refractivity contribution in [3.05, 3.63) is 24.3 Å². The van der Waals surface area contributed by atoms with Gasteiger partial charge in [0.25, 0.3) is 0 Å². The molecular weight excluding hydrogens is 1120 g/mol. The Hall–Kier alpha value is -1.51. The number of allylic oxidation sites excluding steroid dienone is 4. The van der Waals surface area contributed by atoms with Gasteiger partial charge in [0, 0.05) is 12.8 Å². The number of hydrogen-bond donors (Lipinski definition) is 1. The van der Waals surface area contributed by atoms with E-state index in [0.717, 1.165) is 38.5 Å². The van der Waals surface area contributed by atoms with Crippen molar-refractivity contribution >= 4 is 19.8 Å². The molecule has 0 aliphatic heterocycles. The Morgan fingerprint density at radius 3 is 0.888 bits per heavy atom. The predicted octanol–water partition coefficient (Wildman–Crippen LogP) is 26.0. The van der Waals surface area contributed by atoms with E-state index < -0.39 is 26.5 Å². The molecule has 89 heavy (non-hydrogen) atoms. The second kappa shape index (κ2) is 70.8. The molecule has 2 atom stereocenters. The molecule has 2 unspecified atom stereocenters. The molecule has 0 spiro atoms. The predicted molar refractivity (Wildman–Crippen MR) is 386 cm³/mol. The van der Waals surface area contributed by atoms with Crippen molar-refractivity contribution in [3.63, 3.8) is 0 Å². The Morgan fingerprint density at radius 2 is 0.607 bits per heavy atom. The monoisotopic (exact) mass is 1280 g/mol. The zero-order chi connectivity index (χ0) is 64.8. The third kappa shape index (κ3) is 75.4. The smallest absolute Gasteiger partial charge is 0.462 e. The molecule has 0 rings (SSSR count). The van der Waals surface area contributed by atoms with Crippen LogP contribution in [-0.4, -0.2) is 74.9 Å². The minimum atomic E-state index is -4.39. The first-order valence-corrected chi connectivity index (χ1v) is 41.1. The molecule has 0 bridgehead atoms. The maximum Gasteiger partial charge on any atom is 0.472 e. The van der Waals surface area contributed by atoms with Gasteiger partial charge in [-0.25, -0.2) is 4.57 Å². The fourth-order valence-electron chi connectivity index (χ4n) is 12.2. The molecule has 0 aliphatic rings. The minimum absolute atomic E-state index is 0.0348. The normalized spacial score (nSPS) is 13.1. The number of rotatable bonds is 75. The first kappa shape index (κ1) is 87.5. The van der Waals surface area contributed by atoms with Gasteiger partial charge in [-0.1, -0.05) is 385 Å².